The monoisotopic (exact) mass is 207 g/mol. The summed E-state index contributed by atoms with van der Waals surface area (Å²) in [5.41, 5.74) is 6.62. The number of benzene rings is 1. The SMILES string of the molecule is COc1c(C=O)c(N)cc2ccsc12. The number of nitrogen functional groups attached to an aromatic ring is 1. The molecular weight excluding hydrogens is 198 g/mol. The van der Waals surface area contributed by atoms with Gasteiger partial charge in [-0.15, -0.1) is 11.3 Å². The van der Waals surface area contributed by atoms with E-state index in [0.717, 1.165) is 16.4 Å². The molecule has 4 heteroatoms. The quantitative estimate of drug-likeness (QED) is 0.607. The summed E-state index contributed by atoms with van der Waals surface area (Å²) in [7, 11) is 1.54. The zero-order chi connectivity index (χ0) is 10.1. The zero-order valence-corrected chi connectivity index (χ0v) is 8.43. The molecule has 0 aliphatic carbocycles. The summed E-state index contributed by atoms with van der Waals surface area (Å²) in [4.78, 5) is 10.8. The van der Waals surface area contributed by atoms with Crippen LogP contribution in [0.5, 0.6) is 5.75 Å². The molecule has 0 saturated heterocycles. The van der Waals surface area contributed by atoms with Crippen molar-refractivity contribution >= 4 is 33.4 Å². The van der Waals surface area contributed by atoms with E-state index in [1.807, 2.05) is 11.4 Å². The number of hydrogen-bond acceptors (Lipinski definition) is 4. The van der Waals surface area contributed by atoms with Crippen LogP contribution in [0.1, 0.15) is 10.4 Å². The third kappa shape index (κ3) is 1.15. The standard InChI is InChI=1S/C10H9NO2S/c1-13-9-7(5-12)8(11)4-6-2-3-14-10(6)9/h2-5H,11H2,1H3. The number of nitrogens with two attached hydrogens (primary N) is 1. The van der Waals surface area contributed by atoms with Gasteiger partial charge in [-0.3, -0.25) is 4.79 Å². The Kier molecular flexibility index (Phi) is 2.13. The van der Waals surface area contributed by atoms with Crippen LogP contribution in [0.15, 0.2) is 17.5 Å². The molecule has 0 unspecified atom stereocenters. The predicted molar refractivity (Wildman–Crippen MR) is 58.2 cm³/mol. The van der Waals surface area contributed by atoms with Crippen LogP contribution in [0.4, 0.5) is 5.69 Å². The van der Waals surface area contributed by atoms with Crippen molar-refractivity contribution < 1.29 is 9.53 Å². The number of hydrogen-bond donors (Lipinski definition) is 1. The number of aldehydes is 1. The molecule has 1 aromatic carbocycles. The Morgan fingerprint density at radius 2 is 2.36 bits per heavy atom. The second-order valence-corrected chi connectivity index (χ2v) is 3.79. The van der Waals surface area contributed by atoms with Gasteiger partial charge in [-0.25, -0.2) is 0 Å². The van der Waals surface area contributed by atoms with Gasteiger partial charge in [0.2, 0.25) is 0 Å². The third-order valence-electron chi connectivity index (χ3n) is 2.09. The van der Waals surface area contributed by atoms with E-state index in [1.54, 1.807) is 13.2 Å². The van der Waals surface area contributed by atoms with Crippen molar-refractivity contribution in [2.24, 2.45) is 0 Å². The summed E-state index contributed by atoms with van der Waals surface area (Å²) in [6.07, 6.45) is 0.729. The Hall–Kier alpha value is -1.55. The molecule has 2 aromatic rings. The van der Waals surface area contributed by atoms with Crippen LogP contribution in [0.2, 0.25) is 0 Å². The minimum atomic E-state index is 0.433. The Morgan fingerprint density at radius 1 is 1.57 bits per heavy atom. The molecule has 1 heterocycles. The van der Waals surface area contributed by atoms with Gasteiger partial charge in [0, 0.05) is 5.69 Å². The van der Waals surface area contributed by atoms with Gasteiger partial charge >= 0.3 is 0 Å². The van der Waals surface area contributed by atoms with Crippen LogP contribution in [-0.4, -0.2) is 13.4 Å². The highest BCUT2D eigenvalue weighted by atomic mass is 32.1. The molecule has 1 aromatic heterocycles. The van der Waals surface area contributed by atoms with Crippen molar-refractivity contribution in [2.75, 3.05) is 12.8 Å². The van der Waals surface area contributed by atoms with Crippen molar-refractivity contribution in [1.29, 1.82) is 0 Å². The molecule has 2 rings (SSSR count). The molecule has 14 heavy (non-hydrogen) atoms. The first-order valence-corrected chi connectivity index (χ1v) is 4.94. The van der Waals surface area contributed by atoms with Crippen molar-refractivity contribution in [1.82, 2.24) is 0 Å². The van der Waals surface area contributed by atoms with Crippen molar-refractivity contribution in [3.05, 3.63) is 23.1 Å². The number of carbonyl (C=O) groups excluding carboxylic acids is 1. The Morgan fingerprint density at radius 3 is 3.00 bits per heavy atom. The largest absolute Gasteiger partial charge is 0.494 e. The van der Waals surface area contributed by atoms with Gasteiger partial charge in [0.05, 0.1) is 17.4 Å². The van der Waals surface area contributed by atoms with Gasteiger partial charge in [0.15, 0.2) is 6.29 Å². The van der Waals surface area contributed by atoms with Gasteiger partial charge in [0.1, 0.15) is 5.75 Å². The van der Waals surface area contributed by atoms with Crippen LogP contribution in [0.25, 0.3) is 10.1 Å². The molecule has 0 spiro atoms. The van der Waals surface area contributed by atoms with Gasteiger partial charge in [-0.1, -0.05) is 0 Å². The number of methoxy groups -OCH3 is 1. The minimum Gasteiger partial charge on any atom is -0.494 e. The zero-order valence-electron chi connectivity index (χ0n) is 7.61. The fourth-order valence-corrected chi connectivity index (χ4v) is 2.35. The van der Waals surface area contributed by atoms with E-state index in [2.05, 4.69) is 0 Å². The molecule has 0 amide bonds. The molecule has 72 valence electrons. The average molecular weight is 207 g/mol. The number of rotatable bonds is 2. The Balaban J connectivity index is 2.88. The lowest BCUT2D eigenvalue weighted by Gasteiger charge is -2.07. The highest BCUT2D eigenvalue weighted by molar-refractivity contribution is 7.17. The van der Waals surface area contributed by atoms with Gasteiger partial charge < -0.3 is 10.5 Å². The number of carbonyl (C=O) groups is 1. The van der Waals surface area contributed by atoms with Gasteiger partial charge in [-0.2, -0.15) is 0 Å². The predicted octanol–water partition coefficient (Wildman–Crippen LogP) is 2.30. The maximum atomic E-state index is 10.8. The average Bonchev–Trinajstić information content (AvgIpc) is 2.62. The van der Waals surface area contributed by atoms with E-state index in [9.17, 15) is 4.79 Å². The summed E-state index contributed by atoms with van der Waals surface area (Å²) < 4.78 is 6.15. The lowest BCUT2D eigenvalue weighted by atomic mass is 10.1. The number of thiophene rings is 1. The molecule has 0 fully saturated rings. The maximum Gasteiger partial charge on any atom is 0.155 e. The second-order valence-electron chi connectivity index (χ2n) is 2.87. The summed E-state index contributed by atoms with van der Waals surface area (Å²) >= 11 is 1.54. The van der Waals surface area contributed by atoms with E-state index in [-0.39, 0.29) is 0 Å². The number of ether oxygens (including phenoxy) is 1. The molecule has 0 radical (unpaired) electrons. The second kappa shape index (κ2) is 3.31. The van der Waals surface area contributed by atoms with Crippen LogP contribution in [0, 0.1) is 0 Å². The molecule has 3 nitrogen and oxygen atoms in total. The van der Waals surface area contributed by atoms with Crippen molar-refractivity contribution in [3.63, 3.8) is 0 Å². The fourth-order valence-electron chi connectivity index (χ4n) is 1.44. The molecule has 0 saturated carbocycles. The highest BCUT2D eigenvalue weighted by Crippen LogP contribution is 2.36. The molecule has 0 aliphatic heterocycles. The minimum absolute atomic E-state index is 0.433. The summed E-state index contributed by atoms with van der Waals surface area (Å²) in [6.45, 7) is 0. The summed E-state index contributed by atoms with van der Waals surface area (Å²) in [6, 6.07) is 3.74. The van der Waals surface area contributed by atoms with Crippen molar-refractivity contribution in [2.45, 2.75) is 0 Å². The van der Waals surface area contributed by atoms with E-state index in [4.69, 9.17) is 10.5 Å². The summed E-state index contributed by atoms with van der Waals surface area (Å²) in [5.74, 6) is 0.574. The first-order chi connectivity index (χ1) is 6.77. The molecule has 0 bridgehead atoms. The van der Waals surface area contributed by atoms with E-state index in [1.165, 1.54) is 11.3 Å². The third-order valence-corrected chi connectivity index (χ3v) is 3.02. The molecular formula is C10H9NO2S. The lowest BCUT2D eigenvalue weighted by Crippen LogP contribution is -1.97. The molecule has 2 N–H and O–H groups in total. The van der Waals surface area contributed by atoms with Crippen LogP contribution in [-0.2, 0) is 0 Å². The fraction of sp³-hybridized carbons (Fsp3) is 0.100. The topological polar surface area (TPSA) is 52.3 Å². The van der Waals surface area contributed by atoms with Crippen LogP contribution < -0.4 is 10.5 Å². The van der Waals surface area contributed by atoms with E-state index >= 15 is 0 Å². The Labute approximate surface area is 85.1 Å². The molecule has 0 aliphatic rings. The van der Waals surface area contributed by atoms with E-state index in [0.29, 0.717) is 17.0 Å². The first-order valence-electron chi connectivity index (χ1n) is 4.06. The van der Waals surface area contributed by atoms with Gasteiger partial charge in [0.25, 0.3) is 0 Å². The first kappa shape index (κ1) is 9.02. The van der Waals surface area contributed by atoms with Crippen LogP contribution in [0.3, 0.4) is 0 Å². The molecule has 0 atom stereocenters. The Bertz CT molecular complexity index is 490. The maximum absolute atomic E-state index is 10.8. The number of fused-ring (bicyclic) bond motifs is 1. The highest BCUT2D eigenvalue weighted by Gasteiger charge is 2.12. The van der Waals surface area contributed by atoms with Crippen LogP contribution >= 0.6 is 11.3 Å². The summed E-state index contributed by atoms with van der Waals surface area (Å²) in [5, 5.41) is 2.95. The van der Waals surface area contributed by atoms with Gasteiger partial charge in [-0.05, 0) is 22.9 Å². The van der Waals surface area contributed by atoms with E-state index < -0.39 is 0 Å². The van der Waals surface area contributed by atoms with Crippen molar-refractivity contribution in [3.8, 4) is 5.75 Å². The lowest BCUT2D eigenvalue weighted by molar-refractivity contribution is 0.112. The number of anilines is 1. The normalized spacial score (nSPS) is 10.4. The smallest absolute Gasteiger partial charge is 0.155 e.